The fourth-order valence-corrected chi connectivity index (χ4v) is 1.90. The molecule has 76 valence electrons. The zero-order valence-corrected chi connectivity index (χ0v) is 8.46. The average Bonchev–Trinajstić information content (AvgIpc) is 2.54. The molecular weight excluding hydrogens is 164 g/mol. The molecule has 1 amide bonds. The van der Waals surface area contributed by atoms with Crippen LogP contribution in [-0.2, 0) is 4.79 Å². The van der Waals surface area contributed by atoms with Gasteiger partial charge in [-0.1, -0.05) is 6.92 Å². The van der Waals surface area contributed by atoms with Gasteiger partial charge in [-0.3, -0.25) is 4.79 Å². The Morgan fingerprint density at radius 1 is 1.62 bits per heavy atom. The quantitative estimate of drug-likeness (QED) is 0.708. The number of carbonyl (C=O) groups excluding carboxylic acids is 1. The first-order valence-corrected chi connectivity index (χ1v) is 5.25. The third-order valence-corrected chi connectivity index (χ3v) is 2.68. The summed E-state index contributed by atoms with van der Waals surface area (Å²) in [6, 6.07) is 0. The first kappa shape index (κ1) is 10.5. The third-order valence-electron chi connectivity index (χ3n) is 2.68. The molecule has 3 heteroatoms. The van der Waals surface area contributed by atoms with Crippen molar-refractivity contribution in [3.8, 4) is 0 Å². The summed E-state index contributed by atoms with van der Waals surface area (Å²) in [4.78, 5) is 13.5. The van der Waals surface area contributed by atoms with Crippen molar-refractivity contribution in [2.75, 3.05) is 19.6 Å². The second-order valence-corrected chi connectivity index (χ2v) is 3.82. The van der Waals surface area contributed by atoms with E-state index in [0.29, 0.717) is 18.2 Å². The van der Waals surface area contributed by atoms with Gasteiger partial charge in [0.1, 0.15) is 0 Å². The van der Waals surface area contributed by atoms with Gasteiger partial charge in [-0.15, -0.1) is 0 Å². The van der Waals surface area contributed by atoms with Crippen molar-refractivity contribution in [1.29, 1.82) is 0 Å². The van der Waals surface area contributed by atoms with E-state index in [1.165, 1.54) is 0 Å². The molecule has 1 unspecified atom stereocenters. The van der Waals surface area contributed by atoms with Crippen LogP contribution >= 0.6 is 0 Å². The van der Waals surface area contributed by atoms with Gasteiger partial charge in [0, 0.05) is 19.5 Å². The molecule has 1 saturated heterocycles. The molecule has 1 rings (SSSR count). The number of amides is 1. The molecule has 0 spiro atoms. The molecule has 0 aromatic carbocycles. The van der Waals surface area contributed by atoms with Gasteiger partial charge >= 0.3 is 0 Å². The number of nitrogens with zero attached hydrogens (tertiary/aromatic N) is 1. The number of nitrogens with two attached hydrogens (primary N) is 1. The van der Waals surface area contributed by atoms with E-state index in [-0.39, 0.29) is 0 Å². The number of hydrogen-bond acceptors (Lipinski definition) is 2. The summed E-state index contributed by atoms with van der Waals surface area (Å²) in [6.07, 6.45) is 3.87. The minimum absolute atomic E-state index is 0.321. The topological polar surface area (TPSA) is 46.3 Å². The highest BCUT2D eigenvalue weighted by Gasteiger charge is 2.24. The van der Waals surface area contributed by atoms with Gasteiger partial charge in [0.05, 0.1) is 0 Å². The van der Waals surface area contributed by atoms with E-state index < -0.39 is 0 Å². The van der Waals surface area contributed by atoms with E-state index in [0.717, 1.165) is 38.9 Å². The van der Waals surface area contributed by atoms with Gasteiger partial charge < -0.3 is 10.6 Å². The van der Waals surface area contributed by atoms with Crippen LogP contribution in [-0.4, -0.2) is 30.4 Å². The van der Waals surface area contributed by atoms with Crippen LogP contribution in [0.15, 0.2) is 0 Å². The van der Waals surface area contributed by atoms with E-state index >= 15 is 0 Å². The molecule has 1 aliphatic heterocycles. The largest absolute Gasteiger partial charge is 0.342 e. The average molecular weight is 184 g/mol. The maximum atomic E-state index is 11.5. The molecule has 1 heterocycles. The standard InChI is InChI=1S/C10H20N2O/c1-2-3-10(13)12-7-5-9(8-12)4-6-11/h9H,2-8,11H2,1H3. The molecule has 13 heavy (non-hydrogen) atoms. The van der Waals surface area contributed by atoms with Gasteiger partial charge in [0.15, 0.2) is 0 Å². The maximum Gasteiger partial charge on any atom is 0.222 e. The molecule has 0 aliphatic carbocycles. The molecule has 2 N–H and O–H groups in total. The zero-order chi connectivity index (χ0) is 9.68. The third kappa shape index (κ3) is 2.99. The number of carbonyl (C=O) groups is 1. The molecule has 0 aromatic heterocycles. The fourth-order valence-electron chi connectivity index (χ4n) is 1.90. The number of hydrogen-bond donors (Lipinski definition) is 1. The Hall–Kier alpha value is -0.570. The zero-order valence-electron chi connectivity index (χ0n) is 8.46. The SMILES string of the molecule is CCCC(=O)N1CCC(CCN)C1. The summed E-state index contributed by atoms with van der Waals surface area (Å²) in [7, 11) is 0. The van der Waals surface area contributed by atoms with Crippen molar-refractivity contribution in [1.82, 2.24) is 4.90 Å². The van der Waals surface area contributed by atoms with Crippen LogP contribution in [0.5, 0.6) is 0 Å². The lowest BCUT2D eigenvalue weighted by atomic mass is 10.1. The van der Waals surface area contributed by atoms with Crippen LogP contribution in [0.2, 0.25) is 0 Å². The molecule has 0 saturated carbocycles. The summed E-state index contributed by atoms with van der Waals surface area (Å²) in [6.45, 7) is 4.69. The van der Waals surface area contributed by atoms with Crippen LogP contribution in [0, 0.1) is 5.92 Å². The van der Waals surface area contributed by atoms with Crippen molar-refractivity contribution in [3.63, 3.8) is 0 Å². The lowest BCUT2D eigenvalue weighted by Crippen LogP contribution is -2.28. The van der Waals surface area contributed by atoms with Crippen molar-refractivity contribution in [3.05, 3.63) is 0 Å². The number of likely N-dealkylation sites (tertiary alicyclic amines) is 1. The molecule has 1 aliphatic rings. The first-order valence-electron chi connectivity index (χ1n) is 5.25. The van der Waals surface area contributed by atoms with E-state index in [9.17, 15) is 4.79 Å². The van der Waals surface area contributed by atoms with Crippen LogP contribution in [0.25, 0.3) is 0 Å². The Labute approximate surface area is 80.3 Å². The van der Waals surface area contributed by atoms with Gasteiger partial charge in [-0.05, 0) is 31.7 Å². The molecule has 0 aromatic rings. The van der Waals surface area contributed by atoms with Crippen molar-refractivity contribution in [2.24, 2.45) is 11.7 Å². The predicted molar refractivity (Wildman–Crippen MR) is 53.3 cm³/mol. The van der Waals surface area contributed by atoms with Gasteiger partial charge in [-0.2, -0.15) is 0 Å². The Morgan fingerprint density at radius 3 is 3.00 bits per heavy atom. The van der Waals surface area contributed by atoms with Crippen molar-refractivity contribution >= 4 is 5.91 Å². The molecule has 0 radical (unpaired) electrons. The summed E-state index contributed by atoms with van der Waals surface area (Å²) in [5.74, 6) is 0.979. The van der Waals surface area contributed by atoms with Gasteiger partial charge in [-0.25, -0.2) is 0 Å². The fraction of sp³-hybridized carbons (Fsp3) is 0.900. The summed E-state index contributed by atoms with van der Waals surface area (Å²) >= 11 is 0. The molecule has 1 atom stereocenters. The summed E-state index contributed by atoms with van der Waals surface area (Å²) in [5.41, 5.74) is 5.49. The monoisotopic (exact) mass is 184 g/mol. The Balaban J connectivity index is 2.27. The second kappa shape index (κ2) is 5.22. The highest BCUT2D eigenvalue weighted by molar-refractivity contribution is 5.76. The lowest BCUT2D eigenvalue weighted by Gasteiger charge is -2.15. The summed E-state index contributed by atoms with van der Waals surface area (Å²) in [5, 5.41) is 0. The first-order chi connectivity index (χ1) is 6.27. The normalized spacial score (nSPS) is 22.3. The van der Waals surface area contributed by atoms with Crippen LogP contribution in [0.1, 0.15) is 32.6 Å². The Bertz CT molecular complexity index is 170. The Kier molecular flexibility index (Phi) is 4.22. The van der Waals surface area contributed by atoms with E-state index in [1.54, 1.807) is 0 Å². The lowest BCUT2D eigenvalue weighted by molar-refractivity contribution is -0.130. The van der Waals surface area contributed by atoms with E-state index in [1.807, 2.05) is 11.8 Å². The van der Waals surface area contributed by atoms with Crippen molar-refractivity contribution in [2.45, 2.75) is 32.6 Å². The van der Waals surface area contributed by atoms with Gasteiger partial charge in [0.25, 0.3) is 0 Å². The smallest absolute Gasteiger partial charge is 0.222 e. The molecule has 3 nitrogen and oxygen atoms in total. The highest BCUT2D eigenvalue weighted by atomic mass is 16.2. The highest BCUT2D eigenvalue weighted by Crippen LogP contribution is 2.19. The van der Waals surface area contributed by atoms with Crippen molar-refractivity contribution < 1.29 is 4.79 Å². The van der Waals surface area contributed by atoms with Crippen LogP contribution in [0.3, 0.4) is 0 Å². The molecular formula is C10H20N2O. The summed E-state index contributed by atoms with van der Waals surface area (Å²) < 4.78 is 0. The van der Waals surface area contributed by atoms with E-state index in [4.69, 9.17) is 5.73 Å². The molecule has 1 fully saturated rings. The maximum absolute atomic E-state index is 11.5. The van der Waals surface area contributed by atoms with Gasteiger partial charge in [0.2, 0.25) is 5.91 Å². The minimum atomic E-state index is 0.321. The van der Waals surface area contributed by atoms with Crippen LogP contribution in [0.4, 0.5) is 0 Å². The van der Waals surface area contributed by atoms with Crippen LogP contribution < -0.4 is 5.73 Å². The Morgan fingerprint density at radius 2 is 2.38 bits per heavy atom. The molecule has 0 bridgehead atoms. The predicted octanol–water partition coefficient (Wildman–Crippen LogP) is 0.984. The number of rotatable bonds is 4. The van der Waals surface area contributed by atoms with E-state index in [2.05, 4.69) is 0 Å². The minimum Gasteiger partial charge on any atom is -0.342 e. The second-order valence-electron chi connectivity index (χ2n) is 3.82.